The van der Waals surface area contributed by atoms with Gasteiger partial charge in [-0.15, -0.1) is 0 Å². The number of hydrogen-bond donors (Lipinski definition) is 0. The van der Waals surface area contributed by atoms with Gasteiger partial charge in [0.15, 0.2) is 0 Å². The van der Waals surface area contributed by atoms with E-state index in [1.807, 2.05) is 13.8 Å². The predicted molar refractivity (Wildman–Crippen MR) is 77.8 cm³/mol. The van der Waals surface area contributed by atoms with Crippen molar-refractivity contribution < 1.29 is 12.8 Å². The molecule has 1 aliphatic rings. The molecule has 0 bridgehead atoms. The van der Waals surface area contributed by atoms with E-state index in [0.29, 0.717) is 0 Å². The molecule has 112 valence electrons. The van der Waals surface area contributed by atoms with Gasteiger partial charge < -0.3 is 0 Å². The summed E-state index contributed by atoms with van der Waals surface area (Å²) in [6.45, 7) is 3.65. The Morgan fingerprint density at radius 2 is 1.90 bits per heavy atom. The van der Waals surface area contributed by atoms with E-state index in [2.05, 4.69) is 0 Å². The number of halogens is 2. The summed E-state index contributed by atoms with van der Waals surface area (Å²) in [7, 11) is -3.83. The SMILES string of the molecule is CC(C)N(C1CCCC1)S(=O)(=O)c1ccc(Cl)cc1F. The van der Waals surface area contributed by atoms with Crippen molar-refractivity contribution >= 4 is 21.6 Å². The minimum Gasteiger partial charge on any atom is -0.207 e. The van der Waals surface area contributed by atoms with E-state index in [1.165, 1.54) is 16.4 Å². The molecule has 1 aromatic rings. The van der Waals surface area contributed by atoms with Gasteiger partial charge in [-0.05, 0) is 44.9 Å². The van der Waals surface area contributed by atoms with Crippen LogP contribution in [0.3, 0.4) is 0 Å². The molecule has 0 amide bonds. The van der Waals surface area contributed by atoms with Gasteiger partial charge in [0, 0.05) is 17.1 Å². The first kappa shape index (κ1) is 15.7. The van der Waals surface area contributed by atoms with Crippen LogP contribution in [0, 0.1) is 5.82 Å². The molecule has 0 unspecified atom stereocenters. The van der Waals surface area contributed by atoms with E-state index in [-0.39, 0.29) is 22.0 Å². The Bertz CT molecular complexity index is 583. The average molecular weight is 320 g/mol. The predicted octanol–water partition coefficient (Wildman–Crippen LogP) is 3.82. The first-order chi connectivity index (χ1) is 9.34. The van der Waals surface area contributed by atoms with Crippen LogP contribution in [0.4, 0.5) is 4.39 Å². The lowest BCUT2D eigenvalue weighted by molar-refractivity contribution is 0.274. The summed E-state index contributed by atoms with van der Waals surface area (Å²) < 4.78 is 40.9. The minimum absolute atomic E-state index is 0.0323. The molecule has 1 aliphatic carbocycles. The van der Waals surface area contributed by atoms with Gasteiger partial charge >= 0.3 is 0 Å². The third-order valence-electron chi connectivity index (χ3n) is 3.64. The van der Waals surface area contributed by atoms with Gasteiger partial charge in [-0.3, -0.25) is 0 Å². The van der Waals surface area contributed by atoms with Crippen molar-refractivity contribution in [2.24, 2.45) is 0 Å². The van der Waals surface area contributed by atoms with Gasteiger partial charge in [-0.2, -0.15) is 4.31 Å². The lowest BCUT2D eigenvalue weighted by atomic mass is 10.2. The first-order valence-electron chi connectivity index (χ1n) is 6.82. The molecule has 1 fully saturated rings. The molecule has 0 N–H and O–H groups in total. The molecule has 0 aliphatic heterocycles. The van der Waals surface area contributed by atoms with Crippen molar-refractivity contribution in [2.75, 3.05) is 0 Å². The zero-order valence-electron chi connectivity index (χ0n) is 11.6. The summed E-state index contributed by atoms with van der Waals surface area (Å²) in [5, 5.41) is 0.193. The van der Waals surface area contributed by atoms with Crippen LogP contribution in [0.15, 0.2) is 23.1 Å². The molecule has 0 spiro atoms. The Balaban J connectivity index is 2.44. The third-order valence-corrected chi connectivity index (χ3v) is 6.04. The Labute approximate surface area is 124 Å². The molecular weight excluding hydrogens is 301 g/mol. The van der Waals surface area contributed by atoms with Crippen LogP contribution in [0.5, 0.6) is 0 Å². The molecule has 0 heterocycles. The van der Waals surface area contributed by atoms with Crippen molar-refractivity contribution in [3.8, 4) is 0 Å². The van der Waals surface area contributed by atoms with Crippen LogP contribution in [0.25, 0.3) is 0 Å². The Morgan fingerprint density at radius 3 is 2.40 bits per heavy atom. The van der Waals surface area contributed by atoms with Crippen molar-refractivity contribution in [1.29, 1.82) is 0 Å². The van der Waals surface area contributed by atoms with Crippen LogP contribution in [-0.2, 0) is 10.0 Å². The lowest BCUT2D eigenvalue weighted by Crippen LogP contribution is -2.43. The highest BCUT2D eigenvalue weighted by atomic mass is 35.5. The fourth-order valence-corrected chi connectivity index (χ4v) is 4.94. The zero-order chi connectivity index (χ0) is 14.9. The van der Waals surface area contributed by atoms with Crippen LogP contribution >= 0.6 is 11.6 Å². The monoisotopic (exact) mass is 319 g/mol. The average Bonchev–Trinajstić information content (AvgIpc) is 2.80. The highest BCUT2D eigenvalue weighted by Gasteiger charge is 2.36. The number of nitrogens with zero attached hydrogens (tertiary/aromatic N) is 1. The molecule has 0 aromatic heterocycles. The van der Waals surface area contributed by atoms with Gasteiger partial charge in [0.25, 0.3) is 0 Å². The molecule has 1 aromatic carbocycles. The van der Waals surface area contributed by atoms with Crippen molar-refractivity contribution in [1.82, 2.24) is 4.31 Å². The van der Waals surface area contributed by atoms with Crippen LogP contribution in [0.2, 0.25) is 5.02 Å². The normalized spacial score (nSPS) is 17.3. The highest BCUT2D eigenvalue weighted by Crippen LogP contribution is 2.31. The van der Waals surface area contributed by atoms with Crippen LogP contribution in [0.1, 0.15) is 39.5 Å². The summed E-state index contributed by atoms with van der Waals surface area (Å²) in [6, 6.07) is 3.47. The quantitative estimate of drug-likeness (QED) is 0.846. The van der Waals surface area contributed by atoms with E-state index < -0.39 is 15.8 Å². The summed E-state index contributed by atoms with van der Waals surface area (Å²) in [4.78, 5) is -0.289. The van der Waals surface area contributed by atoms with Crippen molar-refractivity contribution in [3.63, 3.8) is 0 Å². The lowest BCUT2D eigenvalue weighted by Gasteiger charge is -2.31. The van der Waals surface area contributed by atoms with E-state index in [0.717, 1.165) is 31.7 Å². The second-order valence-electron chi connectivity index (χ2n) is 5.44. The fourth-order valence-electron chi connectivity index (χ4n) is 2.85. The van der Waals surface area contributed by atoms with E-state index >= 15 is 0 Å². The van der Waals surface area contributed by atoms with Gasteiger partial charge in [0.1, 0.15) is 10.7 Å². The smallest absolute Gasteiger partial charge is 0.207 e. The van der Waals surface area contributed by atoms with E-state index in [1.54, 1.807) is 0 Å². The minimum atomic E-state index is -3.83. The summed E-state index contributed by atoms with van der Waals surface area (Å²) >= 11 is 5.69. The number of sulfonamides is 1. The zero-order valence-corrected chi connectivity index (χ0v) is 13.2. The number of rotatable bonds is 4. The largest absolute Gasteiger partial charge is 0.246 e. The fraction of sp³-hybridized carbons (Fsp3) is 0.571. The maximum absolute atomic E-state index is 14.0. The molecule has 0 saturated heterocycles. The van der Waals surface area contributed by atoms with Crippen LogP contribution < -0.4 is 0 Å². The molecule has 2 rings (SSSR count). The van der Waals surface area contributed by atoms with Crippen molar-refractivity contribution in [3.05, 3.63) is 29.0 Å². The topological polar surface area (TPSA) is 37.4 Å². The third kappa shape index (κ3) is 3.00. The summed E-state index contributed by atoms with van der Waals surface area (Å²) in [5.74, 6) is -0.791. The molecule has 0 radical (unpaired) electrons. The van der Waals surface area contributed by atoms with Gasteiger partial charge in [-0.1, -0.05) is 24.4 Å². The highest BCUT2D eigenvalue weighted by molar-refractivity contribution is 7.89. The molecule has 6 heteroatoms. The van der Waals surface area contributed by atoms with Gasteiger partial charge in [-0.25, -0.2) is 12.8 Å². The van der Waals surface area contributed by atoms with Crippen LogP contribution in [-0.4, -0.2) is 24.8 Å². The van der Waals surface area contributed by atoms with Gasteiger partial charge in [0.05, 0.1) is 0 Å². The molecule has 3 nitrogen and oxygen atoms in total. The Morgan fingerprint density at radius 1 is 1.30 bits per heavy atom. The molecule has 20 heavy (non-hydrogen) atoms. The standard InChI is InChI=1S/C14H19ClFNO2S/c1-10(2)17(12-5-3-4-6-12)20(18,19)14-8-7-11(15)9-13(14)16/h7-10,12H,3-6H2,1-2H3. The van der Waals surface area contributed by atoms with Crippen molar-refractivity contribution in [2.45, 2.75) is 56.5 Å². The molecular formula is C14H19ClFNO2S. The maximum atomic E-state index is 14.0. The Hall–Kier alpha value is -0.650. The summed E-state index contributed by atoms with van der Waals surface area (Å²) in [6.07, 6.45) is 3.72. The molecule has 1 saturated carbocycles. The Kier molecular flexibility index (Phi) is 4.72. The van der Waals surface area contributed by atoms with E-state index in [9.17, 15) is 12.8 Å². The number of hydrogen-bond acceptors (Lipinski definition) is 2. The maximum Gasteiger partial charge on any atom is 0.246 e. The second kappa shape index (κ2) is 6.00. The molecule has 0 atom stereocenters. The first-order valence-corrected chi connectivity index (χ1v) is 8.64. The summed E-state index contributed by atoms with van der Waals surface area (Å²) in [5.41, 5.74) is 0. The van der Waals surface area contributed by atoms with Gasteiger partial charge in [0.2, 0.25) is 10.0 Å². The van der Waals surface area contributed by atoms with E-state index in [4.69, 9.17) is 11.6 Å². The second-order valence-corrected chi connectivity index (χ2v) is 7.69. The number of benzene rings is 1.